The fraction of sp³-hybridized carbons (Fsp3) is 0.441. The summed E-state index contributed by atoms with van der Waals surface area (Å²) in [5.74, 6) is -1.89. The Morgan fingerprint density at radius 1 is 0.951 bits per heavy atom. The first-order chi connectivity index (χ1) is 19.9. The van der Waals surface area contributed by atoms with Gasteiger partial charge in [0.25, 0.3) is 0 Å². The average molecular weight is 561 g/mol. The third-order valence-corrected chi connectivity index (χ3v) is 7.81. The molecule has 0 aromatic heterocycles. The molecule has 1 saturated carbocycles. The molecular weight excluding hydrogens is 516 g/mol. The monoisotopic (exact) mass is 560 g/mol. The maximum Gasteiger partial charge on any atom is 0.309 e. The van der Waals surface area contributed by atoms with Gasteiger partial charge < -0.3 is 20.5 Å². The minimum atomic E-state index is -0.648. The van der Waals surface area contributed by atoms with Gasteiger partial charge in [-0.1, -0.05) is 85.7 Å². The number of hydrogen-bond acceptors (Lipinski definition) is 5. The van der Waals surface area contributed by atoms with E-state index in [4.69, 9.17) is 4.74 Å². The third kappa shape index (κ3) is 10.0. The van der Waals surface area contributed by atoms with Crippen LogP contribution in [0.3, 0.4) is 0 Å². The van der Waals surface area contributed by atoms with E-state index in [1.807, 2.05) is 60.7 Å². The zero-order chi connectivity index (χ0) is 29.5. The van der Waals surface area contributed by atoms with Crippen molar-refractivity contribution in [3.8, 4) is 0 Å². The molecule has 0 bridgehead atoms. The van der Waals surface area contributed by atoms with Crippen molar-refractivity contribution in [1.82, 2.24) is 10.6 Å². The number of carbonyl (C=O) groups excluding carboxylic acids is 3. The average Bonchev–Trinajstić information content (AvgIpc) is 3.46. The van der Waals surface area contributed by atoms with Crippen molar-refractivity contribution in [2.75, 3.05) is 13.2 Å². The van der Waals surface area contributed by atoms with E-state index in [0.29, 0.717) is 25.7 Å². The molecule has 1 aliphatic rings. The van der Waals surface area contributed by atoms with Gasteiger partial charge in [0, 0.05) is 6.42 Å². The van der Waals surface area contributed by atoms with Gasteiger partial charge in [0.2, 0.25) is 11.8 Å². The highest BCUT2D eigenvalue weighted by Crippen LogP contribution is 2.29. The molecular formula is C34H44N2O5. The van der Waals surface area contributed by atoms with Crippen LogP contribution in [-0.2, 0) is 25.5 Å². The molecule has 7 nitrogen and oxygen atoms in total. The van der Waals surface area contributed by atoms with E-state index in [-0.39, 0.29) is 43.3 Å². The van der Waals surface area contributed by atoms with Crippen molar-refractivity contribution < 1.29 is 24.2 Å². The van der Waals surface area contributed by atoms with Crippen LogP contribution in [-0.4, -0.2) is 41.6 Å². The minimum absolute atomic E-state index is 0.0262. The topological polar surface area (TPSA) is 105 Å². The molecule has 1 aliphatic carbocycles. The summed E-state index contributed by atoms with van der Waals surface area (Å²) in [5, 5.41) is 15.9. The molecule has 7 heteroatoms. The Kier molecular flexibility index (Phi) is 12.8. The van der Waals surface area contributed by atoms with Gasteiger partial charge in [-0.2, -0.15) is 0 Å². The van der Waals surface area contributed by atoms with Gasteiger partial charge >= 0.3 is 5.97 Å². The fourth-order valence-corrected chi connectivity index (χ4v) is 5.43. The van der Waals surface area contributed by atoms with E-state index in [9.17, 15) is 19.5 Å². The lowest BCUT2D eigenvalue weighted by molar-refractivity contribution is -0.150. The van der Waals surface area contributed by atoms with E-state index in [1.165, 1.54) is 0 Å². The minimum Gasteiger partial charge on any atom is -0.463 e. The molecule has 2 aromatic rings. The van der Waals surface area contributed by atoms with Crippen LogP contribution in [0.5, 0.6) is 0 Å². The lowest BCUT2D eigenvalue weighted by atomic mass is 9.94. The number of aliphatic hydroxyl groups excluding tert-OH is 1. The first-order valence-electron chi connectivity index (χ1n) is 14.6. The second-order valence-electron chi connectivity index (χ2n) is 11.0. The summed E-state index contributed by atoms with van der Waals surface area (Å²) in [5.41, 5.74) is 1.25. The van der Waals surface area contributed by atoms with Crippen LogP contribution >= 0.6 is 0 Å². The first kappa shape index (κ1) is 31.8. The highest BCUT2D eigenvalue weighted by molar-refractivity contribution is 5.86. The van der Waals surface area contributed by atoms with Crippen LogP contribution in [0, 0.1) is 11.8 Å². The van der Waals surface area contributed by atoms with Crippen LogP contribution in [0.15, 0.2) is 86.0 Å². The van der Waals surface area contributed by atoms with Gasteiger partial charge in [-0.25, -0.2) is 0 Å². The molecule has 41 heavy (non-hydrogen) atoms. The third-order valence-electron chi connectivity index (χ3n) is 7.81. The number of rotatable bonds is 17. The zero-order valence-electron chi connectivity index (χ0n) is 23.9. The molecule has 0 radical (unpaired) electrons. The van der Waals surface area contributed by atoms with Gasteiger partial charge in [0.15, 0.2) is 0 Å². The second kappa shape index (κ2) is 16.5. The molecule has 0 heterocycles. The van der Waals surface area contributed by atoms with Crippen molar-refractivity contribution in [3.05, 3.63) is 97.1 Å². The van der Waals surface area contributed by atoms with E-state index in [0.717, 1.165) is 36.8 Å². The predicted molar refractivity (Wildman–Crippen MR) is 161 cm³/mol. The lowest BCUT2D eigenvalue weighted by Crippen LogP contribution is -2.50. The van der Waals surface area contributed by atoms with Crippen molar-refractivity contribution >= 4 is 17.8 Å². The number of benzene rings is 2. The Hall–Kier alpha value is -3.71. The highest BCUT2D eigenvalue weighted by atomic mass is 16.5. The standard InChI is InChI=1S/C34H44N2O5/c1-3-5-17-29(22-26-15-8-6-9-16-26)33(40)41-24-30(27-18-10-7-11-19-27)35-32(39)28(14-4-2)23-31(38)36-34(25-37)20-12-13-21-34/h3-4,6-11,15-16,18-19,28-30,37H,1-2,5,12-14,17,20-25H2,(H,35,39)(H,36,38)/t28-,29-,30+/m1/s1. The smallest absolute Gasteiger partial charge is 0.309 e. The Morgan fingerprint density at radius 3 is 2.22 bits per heavy atom. The predicted octanol–water partition coefficient (Wildman–Crippen LogP) is 5.22. The number of hydrogen-bond donors (Lipinski definition) is 3. The summed E-state index contributed by atoms with van der Waals surface area (Å²) in [6.45, 7) is 7.41. The van der Waals surface area contributed by atoms with Crippen LogP contribution in [0.1, 0.15) is 68.5 Å². The molecule has 3 atom stereocenters. The Bertz CT molecular complexity index is 1130. The molecule has 2 amide bonds. The maximum absolute atomic E-state index is 13.5. The quantitative estimate of drug-likeness (QED) is 0.182. The number of esters is 1. The van der Waals surface area contributed by atoms with Crippen LogP contribution in [0.25, 0.3) is 0 Å². The number of ether oxygens (including phenoxy) is 1. The Balaban J connectivity index is 1.68. The molecule has 220 valence electrons. The van der Waals surface area contributed by atoms with Crippen LogP contribution < -0.4 is 10.6 Å². The number of amides is 2. The Morgan fingerprint density at radius 2 is 1.61 bits per heavy atom. The van der Waals surface area contributed by atoms with Gasteiger partial charge in [-0.3, -0.25) is 14.4 Å². The summed E-state index contributed by atoms with van der Waals surface area (Å²) in [4.78, 5) is 39.6. The van der Waals surface area contributed by atoms with Crippen molar-refractivity contribution in [2.24, 2.45) is 11.8 Å². The second-order valence-corrected chi connectivity index (χ2v) is 11.0. The summed E-state index contributed by atoms with van der Waals surface area (Å²) >= 11 is 0. The van der Waals surface area contributed by atoms with Crippen LogP contribution in [0.4, 0.5) is 0 Å². The number of carbonyl (C=O) groups is 3. The van der Waals surface area contributed by atoms with Gasteiger partial charge in [-0.15, -0.1) is 13.2 Å². The van der Waals surface area contributed by atoms with Gasteiger partial charge in [0.05, 0.1) is 30.0 Å². The SMILES string of the molecule is C=CCC[C@H](Cc1ccccc1)C(=O)OC[C@H](NC(=O)[C@H](CC=C)CC(=O)NC1(CO)CCCC1)c1ccccc1. The largest absolute Gasteiger partial charge is 0.463 e. The molecule has 2 aromatic carbocycles. The van der Waals surface area contributed by atoms with E-state index in [2.05, 4.69) is 23.8 Å². The Labute approximate surface area is 244 Å². The normalized spacial score (nSPS) is 16.1. The molecule has 3 rings (SSSR count). The number of allylic oxidation sites excluding steroid dienone is 2. The molecule has 3 N–H and O–H groups in total. The van der Waals surface area contributed by atoms with Crippen molar-refractivity contribution in [2.45, 2.75) is 69.4 Å². The maximum atomic E-state index is 13.5. The summed E-state index contributed by atoms with van der Waals surface area (Å²) < 4.78 is 5.81. The fourth-order valence-electron chi connectivity index (χ4n) is 5.43. The summed E-state index contributed by atoms with van der Waals surface area (Å²) in [6, 6.07) is 18.6. The van der Waals surface area contributed by atoms with Crippen molar-refractivity contribution in [3.63, 3.8) is 0 Å². The molecule has 0 unspecified atom stereocenters. The van der Waals surface area contributed by atoms with Crippen LogP contribution in [0.2, 0.25) is 0 Å². The van der Waals surface area contributed by atoms with Crippen molar-refractivity contribution in [1.29, 1.82) is 0 Å². The molecule has 0 aliphatic heterocycles. The highest BCUT2D eigenvalue weighted by Gasteiger charge is 2.35. The molecule has 1 fully saturated rings. The number of nitrogens with one attached hydrogen (secondary N) is 2. The van der Waals surface area contributed by atoms with E-state index < -0.39 is 17.5 Å². The van der Waals surface area contributed by atoms with E-state index in [1.54, 1.807) is 12.2 Å². The summed E-state index contributed by atoms with van der Waals surface area (Å²) in [6.07, 6.45) is 8.93. The zero-order valence-corrected chi connectivity index (χ0v) is 23.9. The first-order valence-corrected chi connectivity index (χ1v) is 14.6. The summed E-state index contributed by atoms with van der Waals surface area (Å²) in [7, 11) is 0. The van der Waals surface area contributed by atoms with Gasteiger partial charge in [0.1, 0.15) is 6.61 Å². The molecule has 0 saturated heterocycles. The van der Waals surface area contributed by atoms with Gasteiger partial charge in [-0.05, 0) is 49.7 Å². The van der Waals surface area contributed by atoms with E-state index >= 15 is 0 Å². The molecule has 0 spiro atoms. The lowest BCUT2D eigenvalue weighted by Gasteiger charge is -2.29. The number of aliphatic hydroxyl groups is 1.